The summed E-state index contributed by atoms with van der Waals surface area (Å²) >= 11 is 0. The van der Waals surface area contributed by atoms with Gasteiger partial charge in [0, 0.05) is 22.4 Å². The number of carbonyl (C=O) groups excluding carboxylic acids is 1. The maximum absolute atomic E-state index is 11.8. The Labute approximate surface area is 141 Å². The van der Waals surface area contributed by atoms with Crippen molar-refractivity contribution >= 4 is 16.7 Å². The zero-order chi connectivity index (χ0) is 17.3. The summed E-state index contributed by atoms with van der Waals surface area (Å²) in [5.41, 5.74) is 1.72. The van der Waals surface area contributed by atoms with Crippen molar-refractivity contribution in [3.8, 4) is 17.6 Å². The van der Waals surface area contributed by atoms with Crippen LogP contribution in [0, 0.1) is 24.7 Å². The van der Waals surface area contributed by atoms with Crippen molar-refractivity contribution in [1.82, 2.24) is 0 Å². The molecule has 0 amide bonds. The largest absolute Gasteiger partial charge is 0.507 e. The minimum atomic E-state index is -1.50. The van der Waals surface area contributed by atoms with Crippen LogP contribution in [-0.4, -0.2) is 22.8 Å². The Morgan fingerprint density at radius 3 is 2.79 bits per heavy atom. The predicted octanol–water partition coefficient (Wildman–Crippen LogP) is 3.21. The fourth-order valence-corrected chi connectivity index (χ4v) is 2.72. The van der Waals surface area contributed by atoms with E-state index in [0.29, 0.717) is 16.9 Å². The van der Waals surface area contributed by atoms with E-state index in [1.165, 1.54) is 12.8 Å². The number of carbonyl (C=O) groups is 1. The van der Waals surface area contributed by atoms with Crippen molar-refractivity contribution in [3.05, 3.63) is 41.0 Å². The molecule has 0 heterocycles. The molecule has 1 fully saturated rings. The van der Waals surface area contributed by atoms with E-state index < -0.39 is 12.1 Å². The Morgan fingerprint density at radius 1 is 1.38 bits per heavy atom. The number of aliphatic hydroxyl groups excluding tert-OH is 1. The topological polar surface area (TPSA) is 66.8 Å². The van der Waals surface area contributed by atoms with Crippen LogP contribution in [0.15, 0.2) is 24.3 Å². The van der Waals surface area contributed by atoms with Gasteiger partial charge in [0.25, 0.3) is 0 Å². The molecule has 1 atom stereocenters. The first-order valence-corrected chi connectivity index (χ1v) is 8.13. The zero-order valence-electron chi connectivity index (χ0n) is 13.8. The van der Waals surface area contributed by atoms with Crippen LogP contribution in [0.1, 0.15) is 42.6 Å². The lowest BCUT2D eigenvalue weighted by molar-refractivity contribution is -0.153. The summed E-state index contributed by atoms with van der Waals surface area (Å²) in [5.74, 6) is 6.04. The van der Waals surface area contributed by atoms with Crippen molar-refractivity contribution in [3.63, 3.8) is 0 Å². The second-order valence-electron chi connectivity index (χ2n) is 6.09. The van der Waals surface area contributed by atoms with Gasteiger partial charge in [-0.05, 0) is 55.8 Å². The molecular weight excluding hydrogens is 304 g/mol. The summed E-state index contributed by atoms with van der Waals surface area (Å²) in [6.07, 6.45) is 0.856. The van der Waals surface area contributed by atoms with E-state index in [4.69, 9.17) is 4.74 Å². The van der Waals surface area contributed by atoms with Crippen LogP contribution < -0.4 is 0 Å². The van der Waals surface area contributed by atoms with E-state index in [9.17, 15) is 15.0 Å². The van der Waals surface area contributed by atoms with Gasteiger partial charge in [-0.2, -0.15) is 0 Å². The Kier molecular flexibility index (Phi) is 4.46. The Morgan fingerprint density at radius 2 is 2.12 bits per heavy atom. The third-order valence-electron chi connectivity index (χ3n) is 4.14. The summed E-state index contributed by atoms with van der Waals surface area (Å²) in [7, 11) is 0. The smallest absolute Gasteiger partial charge is 0.339 e. The van der Waals surface area contributed by atoms with Gasteiger partial charge in [-0.3, -0.25) is 0 Å². The Hall–Kier alpha value is -2.51. The number of phenols is 1. The van der Waals surface area contributed by atoms with Gasteiger partial charge in [0.15, 0.2) is 6.10 Å². The van der Waals surface area contributed by atoms with Crippen LogP contribution >= 0.6 is 0 Å². The summed E-state index contributed by atoms with van der Waals surface area (Å²) in [4.78, 5) is 11.8. The molecule has 0 radical (unpaired) electrons. The molecule has 3 rings (SSSR count). The molecule has 0 aliphatic heterocycles. The van der Waals surface area contributed by atoms with E-state index in [0.717, 1.165) is 10.9 Å². The van der Waals surface area contributed by atoms with Gasteiger partial charge in [-0.25, -0.2) is 4.79 Å². The quantitative estimate of drug-likeness (QED) is 0.672. The van der Waals surface area contributed by atoms with Crippen LogP contribution in [0.2, 0.25) is 0 Å². The first-order chi connectivity index (χ1) is 11.5. The predicted molar refractivity (Wildman–Crippen MR) is 91.5 cm³/mol. The van der Waals surface area contributed by atoms with Crippen molar-refractivity contribution in [2.75, 3.05) is 6.61 Å². The molecule has 2 aromatic carbocycles. The summed E-state index contributed by atoms with van der Waals surface area (Å²) in [5, 5.41) is 22.1. The van der Waals surface area contributed by atoms with E-state index in [1.807, 2.05) is 18.2 Å². The number of hydrogen-bond donors (Lipinski definition) is 2. The van der Waals surface area contributed by atoms with Crippen molar-refractivity contribution < 1.29 is 19.7 Å². The molecule has 0 aromatic heterocycles. The molecule has 0 spiro atoms. The van der Waals surface area contributed by atoms with Crippen molar-refractivity contribution in [1.29, 1.82) is 0 Å². The van der Waals surface area contributed by atoms with Gasteiger partial charge in [-0.15, -0.1) is 0 Å². The second kappa shape index (κ2) is 6.54. The molecular formula is C20H20O4. The number of aromatic hydroxyl groups is 1. The maximum atomic E-state index is 11.8. The number of benzene rings is 2. The van der Waals surface area contributed by atoms with Crippen LogP contribution in [0.5, 0.6) is 5.75 Å². The first-order valence-electron chi connectivity index (χ1n) is 8.13. The molecule has 1 aliphatic carbocycles. The Balaban J connectivity index is 2.02. The lowest BCUT2D eigenvalue weighted by atomic mass is 9.95. The summed E-state index contributed by atoms with van der Waals surface area (Å²) in [6.45, 7) is 3.59. The number of fused-ring (bicyclic) bond motifs is 1. The molecule has 4 heteroatoms. The average molecular weight is 324 g/mol. The highest BCUT2D eigenvalue weighted by molar-refractivity contribution is 5.93. The molecule has 4 nitrogen and oxygen atoms in total. The van der Waals surface area contributed by atoms with Crippen molar-refractivity contribution in [2.45, 2.75) is 32.8 Å². The zero-order valence-corrected chi connectivity index (χ0v) is 13.8. The van der Waals surface area contributed by atoms with Gasteiger partial charge >= 0.3 is 5.97 Å². The monoisotopic (exact) mass is 324 g/mol. The van der Waals surface area contributed by atoms with Crippen molar-refractivity contribution in [2.24, 2.45) is 5.92 Å². The van der Waals surface area contributed by atoms with Gasteiger partial charge in [0.1, 0.15) is 5.75 Å². The first kappa shape index (κ1) is 16.4. The number of esters is 1. The van der Waals surface area contributed by atoms with Crippen LogP contribution in [0.25, 0.3) is 10.8 Å². The fraction of sp³-hybridized carbons (Fsp3) is 0.350. The number of aliphatic hydroxyl groups is 1. The average Bonchev–Trinajstić information content (AvgIpc) is 3.37. The van der Waals surface area contributed by atoms with E-state index in [1.54, 1.807) is 19.9 Å². The van der Waals surface area contributed by atoms with Crippen LogP contribution in [0.4, 0.5) is 0 Å². The molecule has 0 unspecified atom stereocenters. The standard InChI is InChI=1S/C20H20O4/c1-3-24-20(23)19(22)17-12(2)10-15-11-14(7-6-13-4-5-13)8-9-16(15)18(17)21/h8-11,13,19,21-22H,3-5H2,1-2H3/t19-/m0/s1. The lowest BCUT2D eigenvalue weighted by Crippen LogP contribution is -2.16. The number of ether oxygens (including phenoxy) is 1. The molecule has 1 saturated carbocycles. The summed E-state index contributed by atoms with van der Waals surface area (Å²) in [6, 6.07) is 7.36. The summed E-state index contributed by atoms with van der Waals surface area (Å²) < 4.78 is 4.84. The number of rotatable bonds is 3. The van der Waals surface area contributed by atoms with Gasteiger partial charge in [-0.1, -0.05) is 17.9 Å². The highest BCUT2D eigenvalue weighted by Gasteiger charge is 2.25. The third-order valence-corrected chi connectivity index (χ3v) is 4.14. The highest BCUT2D eigenvalue weighted by atomic mass is 16.5. The number of phenolic OH excluding ortho intramolecular Hbond substituents is 1. The van der Waals surface area contributed by atoms with Gasteiger partial charge < -0.3 is 14.9 Å². The third kappa shape index (κ3) is 3.22. The van der Waals surface area contributed by atoms with Gasteiger partial charge in [0.2, 0.25) is 0 Å². The van der Waals surface area contributed by atoms with Crippen LogP contribution in [0.3, 0.4) is 0 Å². The molecule has 24 heavy (non-hydrogen) atoms. The van der Waals surface area contributed by atoms with Crippen LogP contribution in [-0.2, 0) is 9.53 Å². The molecule has 1 aliphatic rings. The molecule has 124 valence electrons. The second-order valence-corrected chi connectivity index (χ2v) is 6.09. The molecule has 0 saturated heterocycles. The van der Waals surface area contributed by atoms with E-state index in [-0.39, 0.29) is 17.9 Å². The van der Waals surface area contributed by atoms with E-state index in [2.05, 4.69) is 11.8 Å². The SMILES string of the molecule is CCOC(=O)[C@@H](O)c1c(C)cc2cc(C#CC3CC3)ccc2c1O. The molecule has 2 aromatic rings. The minimum absolute atomic E-state index is 0.0905. The number of hydrogen-bond acceptors (Lipinski definition) is 4. The number of aryl methyl sites for hydroxylation is 1. The van der Waals surface area contributed by atoms with E-state index >= 15 is 0 Å². The lowest BCUT2D eigenvalue weighted by Gasteiger charge is -2.16. The normalized spacial score (nSPS) is 14.8. The van der Waals surface area contributed by atoms with Gasteiger partial charge in [0.05, 0.1) is 6.61 Å². The maximum Gasteiger partial charge on any atom is 0.339 e. The minimum Gasteiger partial charge on any atom is -0.507 e. The molecule has 0 bridgehead atoms. The fourth-order valence-electron chi connectivity index (χ4n) is 2.72. The molecule has 2 N–H and O–H groups in total. The highest BCUT2D eigenvalue weighted by Crippen LogP contribution is 2.36. The Bertz CT molecular complexity index is 853.